The minimum atomic E-state index is -0.741. The van der Waals surface area contributed by atoms with Crippen molar-refractivity contribution in [1.82, 2.24) is 5.32 Å². The summed E-state index contributed by atoms with van der Waals surface area (Å²) in [5.41, 5.74) is 1.12. The van der Waals surface area contributed by atoms with E-state index < -0.39 is 6.10 Å². The number of rotatable bonds is 7. The van der Waals surface area contributed by atoms with Crippen LogP contribution >= 0.6 is 0 Å². The summed E-state index contributed by atoms with van der Waals surface area (Å²) < 4.78 is 4.83. The van der Waals surface area contributed by atoms with E-state index in [1.54, 1.807) is 14.0 Å². The molecule has 0 aliphatic rings. The predicted octanol–water partition coefficient (Wildman–Crippen LogP) is 1.13. The highest BCUT2D eigenvalue weighted by Crippen LogP contribution is 2.09. The van der Waals surface area contributed by atoms with Crippen LogP contribution in [-0.2, 0) is 16.0 Å². The number of nitrogens with one attached hydrogen (secondary N) is 1. The first-order valence-corrected chi connectivity index (χ1v) is 6.22. The molecule has 2 N–H and O–H groups in total. The van der Waals surface area contributed by atoms with Crippen LogP contribution in [0.5, 0.6) is 0 Å². The first-order valence-electron chi connectivity index (χ1n) is 6.22. The third-order valence-corrected chi connectivity index (χ3v) is 2.81. The van der Waals surface area contributed by atoms with Crippen molar-refractivity contribution in [2.75, 3.05) is 13.7 Å². The van der Waals surface area contributed by atoms with Crippen molar-refractivity contribution in [3.63, 3.8) is 0 Å². The van der Waals surface area contributed by atoms with Crippen molar-refractivity contribution in [3.8, 4) is 0 Å². The van der Waals surface area contributed by atoms with E-state index >= 15 is 0 Å². The van der Waals surface area contributed by atoms with Gasteiger partial charge in [0, 0.05) is 6.04 Å². The molecule has 0 saturated heterocycles. The number of aliphatic hydroxyl groups is 1. The quantitative estimate of drug-likeness (QED) is 0.713. The third kappa shape index (κ3) is 4.85. The Kier molecular flexibility index (Phi) is 6.39. The van der Waals surface area contributed by atoms with Gasteiger partial charge in [-0.05, 0) is 26.0 Å². The summed E-state index contributed by atoms with van der Waals surface area (Å²) >= 11 is 0. The Morgan fingerprint density at radius 1 is 1.39 bits per heavy atom. The van der Waals surface area contributed by atoms with Crippen molar-refractivity contribution < 1.29 is 14.6 Å². The van der Waals surface area contributed by atoms with Gasteiger partial charge in [0.2, 0.25) is 0 Å². The van der Waals surface area contributed by atoms with Crippen LogP contribution in [0.1, 0.15) is 18.9 Å². The van der Waals surface area contributed by atoms with Crippen molar-refractivity contribution in [1.29, 1.82) is 0 Å². The molecule has 0 aliphatic heterocycles. The second-order valence-electron chi connectivity index (χ2n) is 4.16. The SMILES string of the molecule is CCOC(=O)C[C@@H](O)[C@H](Cc1ccccc1)NC. The van der Waals surface area contributed by atoms with Gasteiger partial charge in [0.05, 0.1) is 19.1 Å². The molecular formula is C14H21NO3. The Morgan fingerprint density at radius 2 is 2.06 bits per heavy atom. The summed E-state index contributed by atoms with van der Waals surface area (Å²) in [6.07, 6.45) is -0.0429. The molecule has 4 heteroatoms. The van der Waals surface area contributed by atoms with E-state index in [2.05, 4.69) is 5.32 Å². The monoisotopic (exact) mass is 251 g/mol. The zero-order valence-electron chi connectivity index (χ0n) is 10.9. The van der Waals surface area contributed by atoms with Crippen LogP contribution in [0.15, 0.2) is 30.3 Å². The normalized spacial score (nSPS) is 13.9. The van der Waals surface area contributed by atoms with Gasteiger partial charge in [-0.25, -0.2) is 0 Å². The molecule has 18 heavy (non-hydrogen) atoms. The summed E-state index contributed by atoms with van der Waals surface area (Å²) in [4.78, 5) is 11.3. The zero-order chi connectivity index (χ0) is 13.4. The number of carbonyl (C=O) groups excluding carboxylic acids is 1. The number of benzene rings is 1. The lowest BCUT2D eigenvalue weighted by atomic mass is 9.99. The van der Waals surface area contributed by atoms with Gasteiger partial charge in [0.25, 0.3) is 0 Å². The summed E-state index contributed by atoms with van der Waals surface area (Å²) in [6, 6.07) is 9.71. The third-order valence-electron chi connectivity index (χ3n) is 2.81. The number of hydrogen-bond donors (Lipinski definition) is 2. The zero-order valence-corrected chi connectivity index (χ0v) is 10.9. The number of aliphatic hydroxyl groups excluding tert-OH is 1. The van der Waals surface area contributed by atoms with Crippen LogP contribution in [0.3, 0.4) is 0 Å². The Bertz CT molecular complexity index is 353. The first-order chi connectivity index (χ1) is 8.67. The largest absolute Gasteiger partial charge is 0.466 e. The molecule has 0 amide bonds. The van der Waals surface area contributed by atoms with Gasteiger partial charge in [-0.2, -0.15) is 0 Å². The molecule has 0 aliphatic carbocycles. The molecule has 0 fully saturated rings. The standard InChI is InChI=1S/C14H21NO3/c1-3-18-14(17)10-13(16)12(15-2)9-11-7-5-4-6-8-11/h4-8,12-13,15-16H,3,9-10H2,1-2H3/t12-,13+/m0/s1. The molecule has 0 unspecified atom stereocenters. The average molecular weight is 251 g/mol. The van der Waals surface area contributed by atoms with Gasteiger partial charge in [0.15, 0.2) is 0 Å². The first kappa shape index (κ1) is 14.7. The maximum Gasteiger partial charge on any atom is 0.308 e. The second kappa shape index (κ2) is 7.84. The lowest BCUT2D eigenvalue weighted by molar-refractivity contribution is -0.145. The minimum absolute atomic E-state index is 0.0200. The molecule has 0 spiro atoms. The molecule has 0 heterocycles. The van der Waals surface area contributed by atoms with Gasteiger partial charge in [-0.3, -0.25) is 4.79 Å². The summed E-state index contributed by atoms with van der Waals surface area (Å²) in [5.74, 6) is -0.363. The number of likely N-dealkylation sites (N-methyl/N-ethyl adjacent to an activating group) is 1. The lowest BCUT2D eigenvalue weighted by Crippen LogP contribution is -2.40. The van der Waals surface area contributed by atoms with Crippen LogP contribution in [0.4, 0.5) is 0 Å². The molecule has 1 aromatic rings. The van der Waals surface area contributed by atoms with Crippen molar-refractivity contribution in [2.24, 2.45) is 0 Å². The maximum atomic E-state index is 11.3. The predicted molar refractivity (Wildman–Crippen MR) is 70.3 cm³/mol. The van der Waals surface area contributed by atoms with Gasteiger partial charge in [-0.1, -0.05) is 30.3 Å². The Hall–Kier alpha value is -1.39. The molecule has 0 radical (unpaired) electrons. The Morgan fingerprint density at radius 3 is 2.61 bits per heavy atom. The molecule has 0 aromatic heterocycles. The number of hydrogen-bond acceptors (Lipinski definition) is 4. The van der Waals surface area contributed by atoms with Crippen LogP contribution in [0, 0.1) is 0 Å². The van der Waals surface area contributed by atoms with E-state index in [0.29, 0.717) is 13.0 Å². The van der Waals surface area contributed by atoms with Crippen molar-refractivity contribution in [2.45, 2.75) is 31.9 Å². The van der Waals surface area contributed by atoms with Gasteiger partial charge in [-0.15, -0.1) is 0 Å². The van der Waals surface area contributed by atoms with Crippen LogP contribution < -0.4 is 5.32 Å². The van der Waals surface area contributed by atoms with Crippen LogP contribution in [-0.4, -0.2) is 36.9 Å². The molecule has 100 valence electrons. The van der Waals surface area contributed by atoms with E-state index in [1.165, 1.54) is 0 Å². The van der Waals surface area contributed by atoms with E-state index in [9.17, 15) is 9.90 Å². The molecule has 1 aromatic carbocycles. The van der Waals surface area contributed by atoms with Gasteiger partial charge >= 0.3 is 5.97 Å². The summed E-state index contributed by atoms with van der Waals surface area (Å²) in [6.45, 7) is 2.10. The number of ether oxygens (including phenoxy) is 1. The summed E-state index contributed by atoms with van der Waals surface area (Å²) in [5, 5.41) is 13.0. The number of esters is 1. The molecule has 0 bridgehead atoms. The molecule has 0 saturated carbocycles. The van der Waals surface area contributed by atoms with E-state index in [-0.39, 0.29) is 18.4 Å². The molecular weight excluding hydrogens is 230 g/mol. The van der Waals surface area contributed by atoms with E-state index in [0.717, 1.165) is 5.56 Å². The van der Waals surface area contributed by atoms with Gasteiger partial charge < -0.3 is 15.2 Å². The van der Waals surface area contributed by atoms with Crippen LogP contribution in [0.2, 0.25) is 0 Å². The maximum absolute atomic E-state index is 11.3. The van der Waals surface area contributed by atoms with E-state index in [4.69, 9.17) is 4.74 Å². The van der Waals surface area contributed by atoms with Crippen molar-refractivity contribution in [3.05, 3.63) is 35.9 Å². The lowest BCUT2D eigenvalue weighted by Gasteiger charge is -2.21. The summed E-state index contributed by atoms with van der Waals surface area (Å²) in [7, 11) is 1.78. The Labute approximate surface area is 108 Å². The second-order valence-corrected chi connectivity index (χ2v) is 4.16. The number of carbonyl (C=O) groups is 1. The smallest absolute Gasteiger partial charge is 0.308 e. The Balaban J connectivity index is 2.52. The topological polar surface area (TPSA) is 58.6 Å². The molecule has 4 nitrogen and oxygen atoms in total. The van der Waals surface area contributed by atoms with Gasteiger partial charge in [0.1, 0.15) is 0 Å². The fraction of sp³-hybridized carbons (Fsp3) is 0.500. The minimum Gasteiger partial charge on any atom is -0.466 e. The highest BCUT2D eigenvalue weighted by Gasteiger charge is 2.21. The highest BCUT2D eigenvalue weighted by molar-refractivity contribution is 5.70. The fourth-order valence-electron chi connectivity index (χ4n) is 1.83. The van der Waals surface area contributed by atoms with Crippen molar-refractivity contribution >= 4 is 5.97 Å². The molecule has 1 rings (SSSR count). The van der Waals surface area contributed by atoms with E-state index in [1.807, 2.05) is 30.3 Å². The average Bonchev–Trinajstić information content (AvgIpc) is 2.37. The molecule has 2 atom stereocenters. The van der Waals surface area contributed by atoms with Crippen LogP contribution in [0.25, 0.3) is 0 Å². The highest BCUT2D eigenvalue weighted by atomic mass is 16.5. The fourth-order valence-corrected chi connectivity index (χ4v) is 1.83.